The predicted octanol–water partition coefficient (Wildman–Crippen LogP) is 4.08. The first-order valence-corrected chi connectivity index (χ1v) is 11.3. The molecule has 1 N–H and O–H groups in total. The quantitative estimate of drug-likeness (QED) is 0.618. The summed E-state index contributed by atoms with van der Waals surface area (Å²) in [5.74, 6) is 1.95. The van der Waals surface area contributed by atoms with Gasteiger partial charge in [-0.2, -0.15) is 0 Å². The van der Waals surface area contributed by atoms with E-state index < -0.39 is 6.04 Å². The molecule has 0 spiro atoms. The van der Waals surface area contributed by atoms with E-state index in [2.05, 4.69) is 5.32 Å². The van der Waals surface area contributed by atoms with Crippen molar-refractivity contribution in [2.75, 3.05) is 13.9 Å². The Labute approximate surface area is 196 Å². The summed E-state index contributed by atoms with van der Waals surface area (Å²) in [5, 5.41) is 3.03. The summed E-state index contributed by atoms with van der Waals surface area (Å²) in [5.41, 5.74) is 1.55. The van der Waals surface area contributed by atoms with Crippen LogP contribution in [-0.4, -0.2) is 42.2 Å². The number of nitrogens with zero attached hydrogens (tertiary/aromatic N) is 1. The van der Waals surface area contributed by atoms with Crippen LogP contribution in [0.1, 0.15) is 51.7 Å². The lowest BCUT2D eigenvalue weighted by Gasteiger charge is -2.33. The topological polar surface area (TPSA) is 77.1 Å². The molecule has 7 nitrogen and oxygen atoms in total. The fraction of sp³-hybridized carbons (Fsp3) is 0.462. The first-order valence-electron chi connectivity index (χ1n) is 11.3. The number of carbonyl (C=O) groups excluding carboxylic acids is 2. The first kappa shape index (κ1) is 24.4. The minimum absolute atomic E-state index is 0.0700. The number of nitrogens with one attached hydrogen (secondary N) is 1. The summed E-state index contributed by atoms with van der Waals surface area (Å²) < 4.78 is 16.0. The largest absolute Gasteiger partial charge is 0.497 e. The van der Waals surface area contributed by atoms with Gasteiger partial charge in [0.1, 0.15) is 11.8 Å². The number of hydrogen-bond acceptors (Lipinski definition) is 5. The number of fused-ring (bicyclic) bond motifs is 1. The zero-order chi connectivity index (χ0) is 24.0. The molecule has 0 aromatic heterocycles. The minimum atomic E-state index is -0.560. The Morgan fingerprint density at radius 1 is 1.06 bits per heavy atom. The fourth-order valence-electron chi connectivity index (χ4n) is 3.79. The summed E-state index contributed by atoms with van der Waals surface area (Å²) in [4.78, 5) is 28.2. The Balaban J connectivity index is 1.77. The van der Waals surface area contributed by atoms with E-state index in [1.54, 1.807) is 12.0 Å². The highest BCUT2D eigenvalue weighted by Crippen LogP contribution is 2.33. The first-order chi connectivity index (χ1) is 15.7. The highest BCUT2D eigenvalue weighted by Gasteiger charge is 2.30. The molecule has 0 radical (unpaired) electrons. The number of ether oxygens (including phenoxy) is 3. The van der Waals surface area contributed by atoms with Crippen molar-refractivity contribution in [3.8, 4) is 17.2 Å². The number of amides is 2. The van der Waals surface area contributed by atoms with E-state index in [1.807, 2.05) is 70.2 Å². The molecule has 0 fully saturated rings. The van der Waals surface area contributed by atoms with Crippen molar-refractivity contribution >= 4 is 11.8 Å². The lowest BCUT2D eigenvalue weighted by Crippen LogP contribution is -2.53. The second-order valence-electron chi connectivity index (χ2n) is 9.22. The molecule has 33 heavy (non-hydrogen) atoms. The Morgan fingerprint density at radius 2 is 1.73 bits per heavy atom. The van der Waals surface area contributed by atoms with Crippen molar-refractivity contribution in [1.82, 2.24) is 10.2 Å². The Hall–Kier alpha value is -3.22. The van der Waals surface area contributed by atoms with Gasteiger partial charge in [-0.05, 0) is 69.0 Å². The molecular weight excluding hydrogens is 420 g/mol. The number of rotatable bonds is 9. The summed E-state index contributed by atoms with van der Waals surface area (Å²) >= 11 is 0. The average molecular weight is 455 g/mol. The Bertz CT molecular complexity index is 966. The van der Waals surface area contributed by atoms with Gasteiger partial charge >= 0.3 is 0 Å². The molecule has 2 aromatic carbocycles. The SMILES string of the molecule is CC[C@@H](C(=O)NC(C)(C)C)N(Cc1ccc(OC)cc1)C(=O)CCc1ccc2c(c1)OCO2. The lowest BCUT2D eigenvalue weighted by molar-refractivity contribution is -0.142. The molecule has 2 amide bonds. The van der Waals surface area contributed by atoms with Crippen LogP contribution in [0.15, 0.2) is 42.5 Å². The van der Waals surface area contributed by atoms with Gasteiger partial charge in [-0.1, -0.05) is 25.1 Å². The standard InChI is InChI=1S/C26H34N2O5/c1-6-21(25(30)27-26(2,3)4)28(16-19-7-11-20(31-5)12-8-19)24(29)14-10-18-9-13-22-23(15-18)33-17-32-22/h7-9,11-13,15,21H,6,10,14,16-17H2,1-5H3,(H,27,30)/t21-/m0/s1. The highest BCUT2D eigenvalue weighted by atomic mass is 16.7. The molecule has 1 aliphatic heterocycles. The monoisotopic (exact) mass is 454 g/mol. The van der Waals surface area contributed by atoms with Gasteiger partial charge in [0, 0.05) is 18.5 Å². The summed E-state index contributed by atoms with van der Waals surface area (Å²) in [6.45, 7) is 8.31. The number of aryl methyl sites for hydroxylation is 1. The normalized spacial score (nSPS) is 13.4. The average Bonchev–Trinajstić information content (AvgIpc) is 3.24. The lowest BCUT2D eigenvalue weighted by atomic mass is 10.0. The van der Waals surface area contributed by atoms with Gasteiger partial charge < -0.3 is 24.4 Å². The van der Waals surface area contributed by atoms with E-state index in [0.717, 1.165) is 22.6 Å². The van der Waals surface area contributed by atoms with E-state index in [-0.39, 0.29) is 30.6 Å². The van der Waals surface area contributed by atoms with Gasteiger partial charge in [0.15, 0.2) is 11.5 Å². The van der Waals surface area contributed by atoms with E-state index in [0.29, 0.717) is 25.1 Å². The molecule has 0 bridgehead atoms. The van der Waals surface area contributed by atoms with Gasteiger partial charge in [0.2, 0.25) is 18.6 Å². The zero-order valence-electron chi connectivity index (χ0n) is 20.1. The van der Waals surface area contributed by atoms with Gasteiger partial charge in [-0.25, -0.2) is 0 Å². The number of carbonyl (C=O) groups is 2. The fourth-order valence-corrected chi connectivity index (χ4v) is 3.79. The van der Waals surface area contributed by atoms with Gasteiger partial charge in [-0.3, -0.25) is 9.59 Å². The van der Waals surface area contributed by atoms with Crippen molar-refractivity contribution in [1.29, 1.82) is 0 Å². The molecule has 0 saturated carbocycles. The molecule has 0 unspecified atom stereocenters. The van der Waals surface area contributed by atoms with Crippen LogP contribution >= 0.6 is 0 Å². The van der Waals surface area contributed by atoms with Crippen LogP contribution in [0.4, 0.5) is 0 Å². The third kappa shape index (κ3) is 6.63. The van der Waals surface area contributed by atoms with Gasteiger partial charge in [-0.15, -0.1) is 0 Å². The molecule has 0 aliphatic carbocycles. The zero-order valence-corrected chi connectivity index (χ0v) is 20.1. The maximum atomic E-state index is 13.4. The third-order valence-electron chi connectivity index (χ3n) is 5.46. The number of methoxy groups -OCH3 is 1. The van der Waals surface area contributed by atoms with E-state index in [1.165, 1.54) is 0 Å². The van der Waals surface area contributed by atoms with Crippen molar-refractivity contribution in [3.05, 3.63) is 53.6 Å². The molecule has 0 saturated heterocycles. The molecular formula is C26H34N2O5. The third-order valence-corrected chi connectivity index (χ3v) is 5.46. The van der Waals surface area contributed by atoms with Crippen LogP contribution in [-0.2, 0) is 22.6 Å². The van der Waals surface area contributed by atoms with Crippen LogP contribution in [0.2, 0.25) is 0 Å². The second-order valence-corrected chi connectivity index (χ2v) is 9.22. The van der Waals surface area contributed by atoms with Crippen molar-refractivity contribution < 1.29 is 23.8 Å². The van der Waals surface area contributed by atoms with Crippen LogP contribution in [0.25, 0.3) is 0 Å². The number of hydrogen-bond donors (Lipinski definition) is 1. The van der Waals surface area contributed by atoms with E-state index >= 15 is 0 Å². The maximum absolute atomic E-state index is 13.4. The Morgan fingerprint density at radius 3 is 2.36 bits per heavy atom. The molecule has 2 aromatic rings. The molecule has 1 aliphatic rings. The van der Waals surface area contributed by atoms with Gasteiger partial charge in [0.25, 0.3) is 0 Å². The molecule has 178 valence electrons. The van der Waals surface area contributed by atoms with E-state index in [4.69, 9.17) is 14.2 Å². The van der Waals surface area contributed by atoms with Crippen LogP contribution < -0.4 is 19.5 Å². The van der Waals surface area contributed by atoms with Crippen molar-refractivity contribution in [3.63, 3.8) is 0 Å². The van der Waals surface area contributed by atoms with Gasteiger partial charge in [0.05, 0.1) is 7.11 Å². The van der Waals surface area contributed by atoms with Crippen LogP contribution in [0.3, 0.4) is 0 Å². The van der Waals surface area contributed by atoms with Crippen LogP contribution in [0.5, 0.6) is 17.2 Å². The summed E-state index contributed by atoms with van der Waals surface area (Å²) in [6.07, 6.45) is 1.36. The predicted molar refractivity (Wildman–Crippen MR) is 126 cm³/mol. The molecule has 1 heterocycles. The van der Waals surface area contributed by atoms with Crippen molar-refractivity contribution in [2.24, 2.45) is 0 Å². The smallest absolute Gasteiger partial charge is 0.243 e. The van der Waals surface area contributed by atoms with E-state index in [9.17, 15) is 9.59 Å². The molecule has 7 heteroatoms. The summed E-state index contributed by atoms with van der Waals surface area (Å²) in [7, 11) is 1.62. The van der Waals surface area contributed by atoms with Crippen molar-refractivity contribution in [2.45, 2.75) is 65.1 Å². The summed E-state index contributed by atoms with van der Waals surface area (Å²) in [6, 6.07) is 12.7. The Kier molecular flexibility index (Phi) is 7.84. The second kappa shape index (κ2) is 10.6. The maximum Gasteiger partial charge on any atom is 0.243 e. The minimum Gasteiger partial charge on any atom is -0.497 e. The molecule has 3 rings (SSSR count). The number of benzene rings is 2. The molecule has 1 atom stereocenters. The highest BCUT2D eigenvalue weighted by molar-refractivity contribution is 5.88. The van der Waals surface area contributed by atoms with Crippen LogP contribution in [0, 0.1) is 0 Å².